The van der Waals surface area contributed by atoms with Gasteiger partial charge in [-0.2, -0.15) is 0 Å². The number of carbonyl (C=O) groups excluding carboxylic acids is 2. The number of carbonyl (C=O) groups is 2. The van der Waals surface area contributed by atoms with E-state index in [9.17, 15) is 9.59 Å². The minimum atomic E-state index is -0.567. The molecule has 0 radical (unpaired) electrons. The summed E-state index contributed by atoms with van der Waals surface area (Å²) >= 11 is 0. The number of rotatable bonds is 6. The molecule has 1 saturated carbocycles. The summed E-state index contributed by atoms with van der Waals surface area (Å²) < 4.78 is 16.4. The van der Waals surface area contributed by atoms with Crippen LogP contribution in [0.15, 0.2) is 24.3 Å². The van der Waals surface area contributed by atoms with Crippen molar-refractivity contribution >= 4 is 17.6 Å². The first-order valence-electron chi connectivity index (χ1n) is 8.33. The van der Waals surface area contributed by atoms with Gasteiger partial charge < -0.3 is 19.5 Å². The zero-order valence-electron chi connectivity index (χ0n) is 14.0. The number of anilines is 1. The molecule has 2 aliphatic rings. The van der Waals surface area contributed by atoms with E-state index in [4.69, 9.17) is 14.2 Å². The fourth-order valence-electron chi connectivity index (χ4n) is 2.59. The van der Waals surface area contributed by atoms with Crippen LogP contribution in [0.4, 0.5) is 5.69 Å². The molecule has 6 nitrogen and oxygen atoms in total. The highest BCUT2D eigenvalue weighted by atomic mass is 16.7. The molecule has 0 spiro atoms. The van der Waals surface area contributed by atoms with Gasteiger partial charge in [0.05, 0.1) is 24.9 Å². The van der Waals surface area contributed by atoms with Crippen LogP contribution in [0.25, 0.3) is 0 Å². The van der Waals surface area contributed by atoms with Gasteiger partial charge in [-0.1, -0.05) is 6.07 Å². The van der Waals surface area contributed by atoms with Crippen LogP contribution in [0.2, 0.25) is 0 Å². The highest BCUT2D eigenvalue weighted by Gasteiger charge is 2.32. The van der Waals surface area contributed by atoms with Crippen molar-refractivity contribution < 1.29 is 23.8 Å². The zero-order valence-corrected chi connectivity index (χ0v) is 14.0. The fourth-order valence-corrected chi connectivity index (χ4v) is 2.59. The molecule has 1 aromatic carbocycles. The monoisotopic (exact) mass is 333 g/mol. The summed E-state index contributed by atoms with van der Waals surface area (Å²) in [6, 6.07) is 6.81. The van der Waals surface area contributed by atoms with E-state index in [0.29, 0.717) is 24.3 Å². The second-order valence-corrected chi connectivity index (χ2v) is 6.72. The van der Waals surface area contributed by atoms with E-state index < -0.39 is 11.8 Å². The highest BCUT2D eigenvalue weighted by molar-refractivity contribution is 5.96. The SMILES string of the molecule is CC1(C)OC[C@@H](CCOC(=O)c2cccc(NC(=O)C3CC3)c2)O1. The van der Waals surface area contributed by atoms with Gasteiger partial charge in [0.15, 0.2) is 5.79 Å². The molecule has 1 aliphatic heterocycles. The Morgan fingerprint density at radius 1 is 1.33 bits per heavy atom. The lowest BCUT2D eigenvalue weighted by Crippen LogP contribution is -2.22. The van der Waals surface area contributed by atoms with Crippen molar-refractivity contribution in [2.24, 2.45) is 5.92 Å². The number of ether oxygens (including phenoxy) is 3. The number of hydrogen-bond acceptors (Lipinski definition) is 5. The van der Waals surface area contributed by atoms with E-state index in [0.717, 1.165) is 12.8 Å². The molecule has 1 atom stereocenters. The second-order valence-electron chi connectivity index (χ2n) is 6.72. The van der Waals surface area contributed by atoms with Gasteiger partial charge in [-0.25, -0.2) is 4.79 Å². The average Bonchev–Trinajstić information content (AvgIpc) is 3.32. The molecule has 130 valence electrons. The summed E-state index contributed by atoms with van der Waals surface area (Å²) in [5, 5.41) is 2.83. The van der Waals surface area contributed by atoms with Crippen molar-refractivity contribution in [1.82, 2.24) is 0 Å². The van der Waals surface area contributed by atoms with E-state index in [1.165, 1.54) is 0 Å². The molecule has 6 heteroatoms. The van der Waals surface area contributed by atoms with Crippen molar-refractivity contribution in [3.63, 3.8) is 0 Å². The van der Waals surface area contributed by atoms with Gasteiger partial charge in [0.2, 0.25) is 5.91 Å². The molecule has 1 heterocycles. The van der Waals surface area contributed by atoms with E-state index >= 15 is 0 Å². The molecular formula is C18H23NO5. The third-order valence-electron chi connectivity index (χ3n) is 4.05. The second kappa shape index (κ2) is 6.91. The van der Waals surface area contributed by atoms with Gasteiger partial charge in [-0.3, -0.25) is 4.79 Å². The molecule has 1 N–H and O–H groups in total. The predicted octanol–water partition coefficient (Wildman–Crippen LogP) is 2.73. The van der Waals surface area contributed by atoms with Crippen molar-refractivity contribution in [3.8, 4) is 0 Å². The third kappa shape index (κ3) is 4.55. The lowest BCUT2D eigenvalue weighted by molar-refractivity contribution is -0.139. The summed E-state index contributed by atoms with van der Waals surface area (Å²) in [6.45, 7) is 4.50. The van der Waals surface area contributed by atoms with Crippen molar-refractivity contribution in [2.75, 3.05) is 18.5 Å². The van der Waals surface area contributed by atoms with Crippen LogP contribution in [0.1, 0.15) is 43.5 Å². The fraction of sp³-hybridized carbons (Fsp3) is 0.556. The Morgan fingerprint density at radius 3 is 2.79 bits per heavy atom. The number of hydrogen-bond donors (Lipinski definition) is 1. The molecule has 0 unspecified atom stereocenters. The topological polar surface area (TPSA) is 73.9 Å². The maximum Gasteiger partial charge on any atom is 0.338 e. The number of esters is 1. The van der Waals surface area contributed by atoms with Gasteiger partial charge >= 0.3 is 5.97 Å². The first-order valence-corrected chi connectivity index (χ1v) is 8.33. The van der Waals surface area contributed by atoms with Gasteiger partial charge in [0.1, 0.15) is 0 Å². The summed E-state index contributed by atoms with van der Waals surface area (Å²) in [5.41, 5.74) is 1.04. The van der Waals surface area contributed by atoms with Gasteiger partial charge in [0, 0.05) is 18.0 Å². The third-order valence-corrected chi connectivity index (χ3v) is 4.05. The first-order chi connectivity index (χ1) is 11.4. The van der Waals surface area contributed by atoms with E-state index in [1.807, 2.05) is 13.8 Å². The Kier molecular flexibility index (Phi) is 4.87. The van der Waals surface area contributed by atoms with Crippen molar-refractivity contribution in [2.45, 2.75) is 45.0 Å². The van der Waals surface area contributed by atoms with Crippen molar-refractivity contribution in [1.29, 1.82) is 0 Å². The first kappa shape index (κ1) is 16.9. The smallest absolute Gasteiger partial charge is 0.338 e. The van der Waals surface area contributed by atoms with E-state index in [1.54, 1.807) is 24.3 Å². The van der Waals surface area contributed by atoms with Crippen LogP contribution < -0.4 is 5.32 Å². The van der Waals surface area contributed by atoms with Crippen LogP contribution in [0.5, 0.6) is 0 Å². The van der Waals surface area contributed by atoms with Crippen molar-refractivity contribution in [3.05, 3.63) is 29.8 Å². The maximum absolute atomic E-state index is 12.1. The maximum atomic E-state index is 12.1. The molecule has 3 rings (SSSR count). The molecule has 0 bridgehead atoms. The van der Waals surface area contributed by atoms with Crippen LogP contribution in [0.3, 0.4) is 0 Å². The van der Waals surface area contributed by atoms with Gasteiger partial charge in [-0.15, -0.1) is 0 Å². The zero-order chi connectivity index (χ0) is 17.2. The minimum absolute atomic E-state index is 0.0153. The van der Waals surface area contributed by atoms with Crippen LogP contribution >= 0.6 is 0 Å². The molecule has 1 saturated heterocycles. The Morgan fingerprint density at radius 2 is 2.12 bits per heavy atom. The lowest BCUT2D eigenvalue weighted by Gasteiger charge is -2.17. The summed E-state index contributed by atoms with van der Waals surface area (Å²) in [7, 11) is 0. The normalized spacial score (nSPS) is 22.2. The van der Waals surface area contributed by atoms with Crippen LogP contribution in [-0.2, 0) is 19.0 Å². The standard InChI is InChI=1S/C18H23NO5/c1-18(2)23-11-15(24-18)8-9-22-17(21)13-4-3-5-14(10-13)19-16(20)12-6-7-12/h3-5,10,12,15H,6-9,11H2,1-2H3,(H,19,20)/t15-/m1/s1. The number of amides is 1. The number of nitrogens with one attached hydrogen (secondary N) is 1. The Hall–Kier alpha value is -1.92. The molecule has 1 aliphatic carbocycles. The predicted molar refractivity (Wildman–Crippen MR) is 87.6 cm³/mol. The Labute approximate surface area is 141 Å². The van der Waals surface area contributed by atoms with E-state index in [-0.39, 0.29) is 24.5 Å². The molecule has 24 heavy (non-hydrogen) atoms. The molecule has 0 aromatic heterocycles. The Balaban J connectivity index is 1.47. The Bertz CT molecular complexity index is 624. The summed E-state index contributed by atoms with van der Waals surface area (Å²) in [6.07, 6.45) is 2.42. The highest BCUT2D eigenvalue weighted by Crippen LogP contribution is 2.30. The molecular weight excluding hydrogens is 310 g/mol. The average molecular weight is 333 g/mol. The van der Waals surface area contributed by atoms with Crippen LogP contribution in [-0.4, -0.2) is 37.0 Å². The van der Waals surface area contributed by atoms with Crippen LogP contribution in [0, 0.1) is 5.92 Å². The summed E-state index contributed by atoms with van der Waals surface area (Å²) in [4.78, 5) is 23.9. The molecule has 2 fully saturated rings. The quantitative estimate of drug-likeness (QED) is 0.810. The van der Waals surface area contributed by atoms with E-state index in [2.05, 4.69) is 5.32 Å². The largest absolute Gasteiger partial charge is 0.462 e. The van der Waals surface area contributed by atoms with Gasteiger partial charge in [0.25, 0.3) is 0 Å². The van der Waals surface area contributed by atoms with Gasteiger partial charge in [-0.05, 0) is 44.9 Å². The number of benzene rings is 1. The summed E-state index contributed by atoms with van der Waals surface area (Å²) in [5.74, 6) is -0.835. The lowest BCUT2D eigenvalue weighted by atomic mass is 10.2. The molecule has 1 aromatic rings. The minimum Gasteiger partial charge on any atom is -0.462 e. The molecule has 1 amide bonds.